The topological polar surface area (TPSA) is 71.4 Å². The number of carboxylic acids is 1. The highest BCUT2D eigenvalue weighted by atomic mass is 32.2. The smallest absolute Gasteiger partial charge is 0.310 e. The zero-order valence-corrected chi connectivity index (χ0v) is 10.7. The molecule has 4 nitrogen and oxygen atoms in total. The van der Waals surface area contributed by atoms with E-state index in [4.69, 9.17) is 5.11 Å². The first kappa shape index (κ1) is 13.7. The third-order valence-corrected chi connectivity index (χ3v) is 4.48. The minimum atomic E-state index is -3.22. The molecule has 0 aromatic heterocycles. The Morgan fingerprint density at radius 2 is 1.76 bits per heavy atom. The SMILES string of the molecule is CCC(C(=O)O)c1ccc(S(=O)(=O)CC)cc1. The Labute approximate surface area is 101 Å². The number of aliphatic carboxylic acids is 1. The van der Waals surface area contributed by atoms with Crippen molar-refractivity contribution in [1.29, 1.82) is 0 Å². The standard InChI is InChI=1S/C12H16O4S/c1-3-11(12(13)14)9-5-7-10(8-6-9)17(15,16)4-2/h5-8,11H,3-4H2,1-2H3,(H,13,14). The quantitative estimate of drug-likeness (QED) is 0.875. The lowest BCUT2D eigenvalue weighted by atomic mass is 9.97. The molecule has 1 rings (SSSR count). The molecule has 1 N–H and O–H groups in total. The molecule has 1 aromatic rings. The lowest BCUT2D eigenvalue weighted by Gasteiger charge is -2.10. The molecule has 0 heterocycles. The van der Waals surface area contributed by atoms with E-state index in [2.05, 4.69) is 0 Å². The summed E-state index contributed by atoms with van der Waals surface area (Å²) in [6.07, 6.45) is 0.481. The molecule has 0 aliphatic carbocycles. The monoisotopic (exact) mass is 256 g/mol. The summed E-state index contributed by atoms with van der Waals surface area (Å²) >= 11 is 0. The average Bonchev–Trinajstić information content (AvgIpc) is 2.30. The molecule has 1 atom stereocenters. The highest BCUT2D eigenvalue weighted by Gasteiger charge is 2.18. The van der Waals surface area contributed by atoms with Crippen molar-refractivity contribution < 1.29 is 18.3 Å². The lowest BCUT2D eigenvalue weighted by molar-refractivity contribution is -0.138. The average molecular weight is 256 g/mol. The summed E-state index contributed by atoms with van der Waals surface area (Å²) in [4.78, 5) is 11.2. The summed E-state index contributed by atoms with van der Waals surface area (Å²) in [5.74, 6) is -1.42. The van der Waals surface area contributed by atoms with Crippen molar-refractivity contribution >= 4 is 15.8 Å². The van der Waals surface area contributed by atoms with Gasteiger partial charge in [-0.2, -0.15) is 0 Å². The van der Waals surface area contributed by atoms with E-state index in [9.17, 15) is 13.2 Å². The van der Waals surface area contributed by atoms with Crippen molar-refractivity contribution in [2.24, 2.45) is 0 Å². The molecule has 0 bridgehead atoms. The molecule has 1 unspecified atom stereocenters. The fraction of sp³-hybridized carbons (Fsp3) is 0.417. The molecule has 94 valence electrons. The maximum absolute atomic E-state index is 11.6. The van der Waals surface area contributed by atoms with Crippen LogP contribution in [0.4, 0.5) is 0 Å². The molecule has 0 spiro atoms. The Bertz CT molecular complexity index is 488. The Morgan fingerprint density at radius 1 is 1.24 bits per heavy atom. The van der Waals surface area contributed by atoms with Crippen LogP contribution in [0, 0.1) is 0 Å². The highest BCUT2D eigenvalue weighted by Crippen LogP contribution is 2.21. The van der Waals surface area contributed by atoms with Gasteiger partial charge < -0.3 is 5.11 Å². The van der Waals surface area contributed by atoms with Crippen molar-refractivity contribution in [3.8, 4) is 0 Å². The van der Waals surface area contributed by atoms with Gasteiger partial charge in [0.15, 0.2) is 9.84 Å². The predicted molar refractivity (Wildman–Crippen MR) is 64.8 cm³/mol. The first-order chi connectivity index (χ1) is 7.92. The molecular formula is C12H16O4S. The minimum absolute atomic E-state index is 0.0441. The number of hydrogen-bond acceptors (Lipinski definition) is 3. The number of carboxylic acid groups (broad SMARTS) is 1. The van der Waals surface area contributed by atoms with Gasteiger partial charge in [-0.05, 0) is 24.1 Å². The summed E-state index contributed by atoms with van der Waals surface area (Å²) in [5, 5.41) is 8.98. The van der Waals surface area contributed by atoms with Crippen LogP contribution in [0.2, 0.25) is 0 Å². The molecular weight excluding hydrogens is 240 g/mol. The van der Waals surface area contributed by atoms with Gasteiger partial charge in [-0.25, -0.2) is 8.42 Å². The van der Waals surface area contributed by atoms with Crippen LogP contribution in [0.25, 0.3) is 0 Å². The van der Waals surface area contributed by atoms with Gasteiger partial charge in [0.25, 0.3) is 0 Å². The number of rotatable bonds is 5. The molecule has 0 aliphatic heterocycles. The molecule has 0 radical (unpaired) electrons. The maximum Gasteiger partial charge on any atom is 0.310 e. The van der Waals surface area contributed by atoms with Gasteiger partial charge in [0, 0.05) is 0 Å². The van der Waals surface area contributed by atoms with E-state index in [0.717, 1.165) is 0 Å². The molecule has 5 heteroatoms. The normalized spacial score (nSPS) is 13.3. The van der Waals surface area contributed by atoms with Gasteiger partial charge in [0.1, 0.15) is 0 Å². The summed E-state index contributed by atoms with van der Waals surface area (Å²) in [6.45, 7) is 3.37. The van der Waals surface area contributed by atoms with Crippen molar-refractivity contribution in [2.75, 3.05) is 5.75 Å². The third kappa shape index (κ3) is 3.06. The van der Waals surface area contributed by atoms with Crippen LogP contribution >= 0.6 is 0 Å². The van der Waals surface area contributed by atoms with Crippen LogP contribution in [-0.4, -0.2) is 25.2 Å². The van der Waals surface area contributed by atoms with Gasteiger partial charge in [-0.1, -0.05) is 26.0 Å². The Kier molecular flexibility index (Phi) is 4.28. The Hall–Kier alpha value is -1.36. The van der Waals surface area contributed by atoms with Crippen LogP contribution in [0.3, 0.4) is 0 Å². The molecule has 1 aromatic carbocycles. The first-order valence-electron chi connectivity index (χ1n) is 5.48. The van der Waals surface area contributed by atoms with Crippen molar-refractivity contribution in [3.05, 3.63) is 29.8 Å². The lowest BCUT2D eigenvalue weighted by Crippen LogP contribution is -2.11. The van der Waals surface area contributed by atoms with Crippen molar-refractivity contribution in [3.63, 3.8) is 0 Å². The van der Waals surface area contributed by atoms with Crippen molar-refractivity contribution in [1.82, 2.24) is 0 Å². The van der Waals surface area contributed by atoms with Crippen LogP contribution < -0.4 is 0 Å². The number of benzene rings is 1. The van der Waals surface area contributed by atoms with Crippen LogP contribution in [0.15, 0.2) is 29.2 Å². The molecule has 0 saturated carbocycles. The summed E-state index contributed by atoms with van der Waals surface area (Å²) < 4.78 is 23.1. The van der Waals surface area contributed by atoms with E-state index in [1.54, 1.807) is 26.0 Å². The highest BCUT2D eigenvalue weighted by molar-refractivity contribution is 7.91. The largest absolute Gasteiger partial charge is 0.481 e. The Morgan fingerprint density at radius 3 is 2.12 bits per heavy atom. The van der Waals surface area contributed by atoms with E-state index in [1.807, 2.05) is 0 Å². The van der Waals surface area contributed by atoms with Gasteiger partial charge >= 0.3 is 5.97 Å². The van der Waals surface area contributed by atoms with Gasteiger partial charge in [-0.15, -0.1) is 0 Å². The van der Waals surface area contributed by atoms with Gasteiger partial charge in [0.05, 0.1) is 16.6 Å². The summed E-state index contributed by atoms with van der Waals surface area (Å²) in [6, 6.07) is 6.09. The summed E-state index contributed by atoms with van der Waals surface area (Å²) in [7, 11) is -3.22. The fourth-order valence-electron chi connectivity index (χ4n) is 1.63. The second kappa shape index (κ2) is 5.31. The van der Waals surface area contributed by atoms with E-state index >= 15 is 0 Å². The molecule has 0 amide bonds. The van der Waals surface area contributed by atoms with Gasteiger partial charge in [0.2, 0.25) is 0 Å². The number of carbonyl (C=O) groups is 1. The van der Waals surface area contributed by atoms with Crippen molar-refractivity contribution in [2.45, 2.75) is 31.1 Å². The zero-order chi connectivity index (χ0) is 13.1. The second-order valence-corrected chi connectivity index (χ2v) is 6.05. The number of sulfone groups is 1. The van der Waals surface area contributed by atoms with E-state index < -0.39 is 21.7 Å². The molecule has 0 aliphatic rings. The Balaban J connectivity index is 3.07. The third-order valence-electron chi connectivity index (χ3n) is 2.73. The summed E-state index contributed by atoms with van der Waals surface area (Å²) in [5.41, 5.74) is 0.634. The van der Waals surface area contributed by atoms with Gasteiger partial charge in [-0.3, -0.25) is 4.79 Å². The fourth-order valence-corrected chi connectivity index (χ4v) is 2.51. The van der Waals surface area contributed by atoms with E-state index in [0.29, 0.717) is 12.0 Å². The van der Waals surface area contributed by atoms with Crippen LogP contribution in [0.5, 0.6) is 0 Å². The number of hydrogen-bond donors (Lipinski definition) is 1. The predicted octanol–water partition coefficient (Wildman–Crippen LogP) is 2.06. The first-order valence-corrected chi connectivity index (χ1v) is 7.13. The maximum atomic E-state index is 11.6. The van der Waals surface area contributed by atoms with Crippen LogP contribution in [0.1, 0.15) is 31.7 Å². The second-order valence-electron chi connectivity index (χ2n) is 3.77. The van der Waals surface area contributed by atoms with E-state index in [-0.39, 0.29) is 10.6 Å². The molecule has 0 saturated heterocycles. The molecule has 17 heavy (non-hydrogen) atoms. The molecule has 0 fully saturated rings. The minimum Gasteiger partial charge on any atom is -0.481 e. The van der Waals surface area contributed by atoms with Crippen LogP contribution in [-0.2, 0) is 14.6 Å². The van der Waals surface area contributed by atoms with E-state index in [1.165, 1.54) is 12.1 Å². The zero-order valence-electron chi connectivity index (χ0n) is 9.88.